The van der Waals surface area contributed by atoms with Gasteiger partial charge in [-0.1, -0.05) is 24.6 Å². The van der Waals surface area contributed by atoms with E-state index in [2.05, 4.69) is 4.72 Å². The molecule has 4 rings (SSSR count). The van der Waals surface area contributed by atoms with Gasteiger partial charge in [-0.2, -0.15) is 4.31 Å². The van der Waals surface area contributed by atoms with Crippen molar-refractivity contribution in [3.8, 4) is 5.75 Å². The average molecular weight is 642 g/mol. The first-order valence-corrected chi connectivity index (χ1v) is 17.0. The number of hydrogen-bond acceptors (Lipinski definition) is 8. The van der Waals surface area contributed by atoms with Crippen molar-refractivity contribution in [3.05, 3.63) is 70.6 Å². The number of carbonyl (C=O) groups excluding carboxylic acids is 1. The number of aliphatic hydroxyl groups is 1. The van der Waals surface area contributed by atoms with Gasteiger partial charge in [-0.15, -0.1) is 11.3 Å². The Labute approximate surface area is 249 Å². The average Bonchev–Trinajstić information content (AvgIpc) is 3.48. The van der Waals surface area contributed by atoms with Crippen LogP contribution in [0.2, 0.25) is 5.02 Å². The van der Waals surface area contributed by atoms with Gasteiger partial charge in [0.05, 0.1) is 30.5 Å². The summed E-state index contributed by atoms with van der Waals surface area (Å²) >= 11 is 7.01. The van der Waals surface area contributed by atoms with E-state index in [1.807, 2.05) is 6.92 Å². The van der Waals surface area contributed by atoms with Gasteiger partial charge in [-0.3, -0.25) is 9.52 Å². The molecular weight excluding hydrogens is 610 g/mol. The predicted octanol–water partition coefficient (Wildman–Crippen LogP) is 3.67. The third kappa shape index (κ3) is 7.22. The summed E-state index contributed by atoms with van der Waals surface area (Å²) in [5.41, 5.74) is 0.641. The van der Waals surface area contributed by atoms with E-state index >= 15 is 0 Å². The molecule has 10 nitrogen and oxygen atoms in total. The number of carbonyl (C=O) groups is 1. The smallest absolute Gasteiger partial charge is 0.261 e. The highest BCUT2D eigenvalue weighted by molar-refractivity contribution is 7.92. The van der Waals surface area contributed by atoms with Crippen LogP contribution in [0.3, 0.4) is 0 Å². The van der Waals surface area contributed by atoms with E-state index in [4.69, 9.17) is 16.3 Å². The Morgan fingerprint density at radius 2 is 1.88 bits per heavy atom. The Bertz CT molecular complexity index is 1580. The molecule has 0 spiro atoms. The van der Waals surface area contributed by atoms with Crippen LogP contribution in [-0.2, 0) is 31.3 Å². The van der Waals surface area contributed by atoms with Gasteiger partial charge in [0, 0.05) is 35.8 Å². The van der Waals surface area contributed by atoms with Crippen LogP contribution in [0, 0.1) is 5.92 Å². The summed E-state index contributed by atoms with van der Waals surface area (Å²) in [5, 5.41) is 11.9. The van der Waals surface area contributed by atoms with E-state index < -0.39 is 32.2 Å². The second kappa shape index (κ2) is 12.7. The summed E-state index contributed by atoms with van der Waals surface area (Å²) < 4.78 is 62.5. The molecule has 0 saturated carbocycles. The van der Waals surface area contributed by atoms with Crippen molar-refractivity contribution in [2.45, 2.75) is 41.5 Å². The Morgan fingerprint density at radius 1 is 1.17 bits per heavy atom. The summed E-state index contributed by atoms with van der Waals surface area (Å²) in [4.78, 5) is 15.0. The molecule has 222 valence electrons. The van der Waals surface area contributed by atoms with Crippen molar-refractivity contribution in [3.63, 3.8) is 0 Å². The Kier molecular flexibility index (Phi) is 9.66. The number of rotatable bonds is 9. The Balaban J connectivity index is 1.68. The van der Waals surface area contributed by atoms with Crippen LogP contribution < -0.4 is 9.46 Å². The fourth-order valence-electron chi connectivity index (χ4n) is 4.45. The van der Waals surface area contributed by atoms with Gasteiger partial charge in [-0.25, -0.2) is 16.8 Å². The number of aliphatic hydroxyl groups excluding tert-OH is 1. The zero-order valence-corrected chi connectivity index (χ0v) is 25.9. The molecule has 2 heterocycles. The number of sulfonamides is 2. The third-order valence-electron chi connectivity index (χ3n) is 6.89. The minimum absolute atomic E-state index is 0.00131. The molecule has 0 saturated heterocycles. The van der Waals surface area contributed by atoms with Gasteiger partial charge < -0.3 is 14.7 Å². The number of anilines is 1. The van der Waals surface area contributed by atoms with Gasteiger partial charge >= 0.3 is 0 Å². The molecule has 0 radical (unpaired) electrons. The summed E-state index contributed by atoms with van der Waals surface area (Å²) in [6.45, 7) is 3.55. The summed E-state index contributed by atoms with van der Waals surface area (Å²) in [5.74, 6) is -0.255. The minimum atomic E-state index is -3.95. The molecule has 1 aromatic heterocycles. The molecule has 2 aromatic carbocycles. The highest BCUT2D eigenvalue weighted by atomic mass is 35.5. The number of benzene rings is 2. The van der Waals surface area contributed by atoms with Crippen LogP contribution in [0.15, 0.2) is 69.1 Å². The van der Waals surface area contributed by atoms with E-state index in [-0.39, 0.29) is 52.7 Å². The van der Waals surface area contributed by atoms with Crippen molar-refractivity contribution >= 4 is 54.6 Å². The van der Waals surface area contributed by atoms with E-state index in [1.165, 1.54) is 53.8 Å². The lowest BCUT2D eigenvalue weighted by atomic mass is 10.0. The third-order valence-corrected chi connectivity index (χ3v) is 11.7. The first-order chi connectivity index (χ1) is 19.3. The zero-order chi connectivity index (χ0) is 29.9. The molecule has 14 heteroatoms. The van der Waals surface area contributed by atoms with Crippen molar-refractivity contribution < 1.29 is 31.5 Å². The number of ether oxygens (including phenoxy) is 1. The summed E-state index contributed by atoms with van der Waals surface area (Å²) in [6.07, 6.45) is -0.775. The molecule has 1 aliphatic rings. The van der Waals surface area contributed by atoms with Gasteiger partial charge in [0.25, 0.3) is 20.0 Å². The van der Waals surface area contributed by atoms with E-state index in [1.54, 1.807) is 29.3 Å². The standard InChI is InChI=1S/C27H32ClN3O7S3/c1-18-15-31(19(2)17-32)26(33)14-20-13-22(29-40(34,35)23-9-6-21(28)7-10-23)8-11-24(20)38-25(18)16-30(3)41(36,37)27-5-4-12-39-27/h4-13,18-19,25,29,32H,14-17H2,1-3H3/t18-,19-,25-/m0/s1. The van der Waals surface area contributed by atoms with Crippen molar-refractivity contribution in [2.24, 2.45) is 5.92 Å². The van der Waals surface area contributed by atoms with Gasteiger partial charge in [0.1, 0.15) is 16.1 Å². The minimum Gasteiger partial charge on any atom is -0.488 e. The van der Waals surface area contributed by atoms with E-state index in [0.29, 0.717) is 16.3 Å². The van der Waals surface area contributed by atoms with E-state index in [0.717, 1.165) is 11.3 Å². The number of fused-ring (bicyclic) bond motifs is 1. The van der Waals surface area contributed by atoms with Crippen LogP contribution in [0.5, 0.6) is 5.75 Å². The second-order valence-corrected chi connectivity index (χ2v) is 15.3. The largest absolute Gasteiger partial charge is 0.488 e. The fraction of sp³-hybridized carbons (Fsp3) is 0.370. The number of likely N-dealkylation sites (N-methyl/N-ethyl adjacent to an activating group) is 1. The molecule has 1 aliphatic heterocycles. The van der Waals surface area contributed by atoms with Gasteiger partial charge in [-0.05, 0) is 60.8 Å². The van der Waals surface area contributed by atoms with Crippen LogP contribution >= 0.6 is 22.9 Å². The lowest BCUT2D eigenvalue weighted by molar-refractivity contribution is -0.134. The number of hydrogen-bond donors (Lipinski definition) is 2. The SMILES string of the molecule is C[C@H]1CN([C@@H](C)CO)C(=O)Cc2cc(NS(=O)(=O)c3ccc(Cl)cc3)ccc2O[C@H]1CN(C)S(=O)(=O)c1cccs1. The monoisotopic (exact) mass is 641 g/mol. The van der Waals surface area contributed by atoms with Crippen molar-refractivity contribution in [1.82, 2.24) is 9.21 Å². The highest BCUT2D eigenvalue weighted by Crippen LogP contribution is 2.31. The first kappa shape index (κ1) is 31.3. The summed E-state index contributed by atoms with van der Waals surface area (Å²) in [7, 11) is -6.23. The number of nitrogens with one attached hydrogen (secondary N) is 1. The molecule has 3 atom stereocenters. The molecule has 1 amide bonds. The van der Waals surface area contributed by atoms with Crippen LogP contribution in [-0.4, -0.2) is 75.9 Å². The maximum absolute atomic E-state index is 13.4. The number of amides is 1. The number of nitrogens with zero attached hydrogens (tertiary/aromatic N) is 2. The normalized spacial score (nSPS) is 19.1. The second-order valence-electron chi connectivity index (χ2n) is 9.99. The molecule has 0 unspecified atom stereocenters. The topological polar surface area (TPSA) is 133 Å². The lowest BCUT2D eigenvalue weighted by Crippen LogP contribution is -2.48. The molecule has 2 N–H and O–H groups in total. The molecular formula is C27H32ClN3O7S3. The van der Waals surface area contributed by atoms with Crippen LogP contribution in [0.4, 0.5) is 5.69 Å². The quantitative estimate of drug-likeness (QED) is 0.364. The number of thiophene rings is 1. The van der Waals surface area contributed by atoms with Gasteiger partial charge in [0.2, 0.25) is 5.91 Å². The van der Waals surface area contributed by atoms with Crippen molar-refractivity contribution in [1.29, 1.82) is 0 Å². The fourth-order valence-corrected chi connectivity index (χ4v) is 8.01. The molecule has 0 fully saturated rings. The number of halogens is 1. The zero-order valence-electron chi connectivity index (χ0n) is 22.7. The Morgan fingerprint density at radius 3 is 2.51 bits per heavy atom. The molecule has 41 heavy (non-hydrogen) atoms. The Hall–Kier alpha value is -2.68. The molecule has 0 aliphatic carbocycles. The lowest BCUT2D eigenvalue weighted by Gasteiger charge is -2.33. The van der Waals surface area contributed by atoms with Gasteiger partial charge in [0.15, 0.2) is 0 Å². The van der Waals surface area contributed by atoms with Crippen molar-refractivity contribution in [2.75, 3.05) is 31.5 Å². The molecule has 3 aromatic rings. The summed E-state index contributed by atoms with van der Waals surface area (Å²) in [6, 6.07) is 13.0. The highest BCUT2D eigenvalue weighted by Gasteiger charge is 2.34. The maximum atomic E-state index is 13.4. The molecule has 0 bridgehead atoms. The maximum Gasteiger partial charge on any atom is 0.261 e. The van der Waals surface area contributed by atoms with E-state index in [9.17, 15) is 26.7 Å². The van der Waals surface area contributed by atoms with Crippen LogP contribution in [0.25, 0.3) is 0 Å². The first-order valence-electron chi connectivity index (χ1n) is 12.8. The predicted molar refractivity (Wildman–Crippen MR) is 158 cm³/mol. The van der Waals surface area contributed by atoms with Crippen LogP contribution in [0.1, 0.15) is 19.4 Å².